The normalized spacial score (nSPS) is 16.7. The number of hydrogen-bond donors (Lipinski definition) is 0. The number of carbonyl (C=O) groups excluding carboxylic acids is 1. The van der Waals surface area contributed by atoms with Crippen molar-refractivity contribution in [3.05, 3.63) is 65.5 Å². The van der Waals surface area contributed by atoms with Crippen LogP contribution in [-0.2, 0) is 11.3 Å². The second-order valence-corrected chi connectivity index (χ2v) is 7.48. The summed E-state index contributed by atoms with van der Waals surface area (Å²) in [7, 11) is 0. The van der Waals surface area contributed by atoms with Crippen molar-refractivity contribution in [3.8, 4) is 11.4 Å². The first-order chi connectivity index (χ1) is 13.1. The molecule has 3 aromatic rings. The number of halogens is 1. The number of aryl methyl sites for hydroxylation is 1. The summed E-state index contributed by atoms with van der Waals surface area (Å²) in [6.07, 6.45) is 0. The summed E-state index contributed by atoms with van der Waals surface area (Å²) in [6.45, 7) is 2.52. The van der Waals surface area contributed by atoms with Gasteiger partial charge in [-0.05, 0) is 23.8 Å². The highest BCUT2D eigenvalue weighted by Crippen LogP contribution is 2.39. The van der Waals surface area contributed by atoms with E-state index in [9.17, 15) is 9.18 Å². The van der Waals surface area contributed by atoms with Gasteiger partial charge in [0.05, 0.1) is 0 Å². The zero-order chi connectivity index (χ0) is 18.8. The van der Waals surface area contributed by atoms with Gasteiger partial charge in [0, 0.05) is 23.4 Å². The van der Waals surface area contributed by atoms with Gasteiger partial charge in [-0.3, -0.25) is 4.79 Å². The summed E-state index contributed by atoms with van der Waals surface area (Å²) in [5.74, 6) is 0.809. The molecule has 138 valence electrons. The topological polar surface area (TPSA) is 63.9 Å². The molecule has 6 nitrogen and oxygen atoms in total. The number of thioether (sulfide) groups is 1. The Labute approximate surface area is 160 Å². The molecule has 0 radical (unpaired) electrons. The maximum absolute atomic E-state index is 14.1. The van der Waals surface area contributed by atoms with Crippen molar-refractivity contribution in [1.82, 2.24) is 25.1 Å². The second-order valence-electron chi connectivity index (χ2n) is 6.29. The van der Waals surface area contributed by atoms with E-state index in [1.165, 1.54) is 10.9 Å². The van der Waals surface area contributed by atoms with Gasteiger partial charge in [0.25, 0.3) is 0 Å². The lowest BCUT2D eigenvalue weighted by molar-refractivity contribution is -0.132. The quantitative estimate of drug-likeness (QED) is 0.693. The predicted octanol–water partition coefficient (Wildman–Crippen LogP) is 3.06. The molecule has 27 heavy (non-hydrogen) atoms. The summed E-state index contributed by atoms with van der Waals surface area (Å²) in [5, 5.41) is 12.1. The molecule has 1 atom stereocenters. The molecule has 1 aliphatic rings. The van der Waals surface area contributed by atoms with Gasteiger partial charge < -0.3 is 4.90 Å². The van der Waals surface area contributed by atoms with Gasteiger partial charge in [0.15, 0.2) is 0 Å². The van der Waals surface area contributed by atoms with Crippen molar-refractivity contribution in [1.29, 1.82) is 0 Å². The van der Waals surface area contributed by atoms with Crippen molar-refractivity contribution >= 4 is 17.7 Å². The van der Waals surface area contributed by atoms with Gasteiger partial charge in [0.2, 0.25) is 11.7 Å². The third-order valence-electron chi connectivity index (χ3n) is 4.50. The van der Waals surface area contributed by atoms with Gasteiger partial charge >= 0.3 is 0 Å². The van der Waals surface area contributed by atoms with Crippen LogP contribution in [0.1, 0.15) is 16.5 Å². The Bertz CT molecular complexity index is 976. The molecule has 1 fully saturated rings. The highest BCUT2D eigenvalue weighted by Gasteiger charge is 2.32. The summed E-state index contributed by atoms with van der Waals surface area (Å²) < 4.78 is 14.1. The van der Waals surface area contributed by atoms with Crippen LogP contribution < -0.4 is 0 Å². The third-order valence-corrected chi connectivity index (χ3v) is 5.74. The lowest BCUT2D eigenvalue weighted by atomic mass is 10.1. The molecule has 0 bridgehead atoms. The van der Waals surface area contributed by atoms with E-state index in [0.717, 1.165) is 16.9 Å². The van der Waals surface area contributed by atoms with Crippen LogP contribution in [-0.4, -0.2) is 43.3 Å². The average Bonchev–Trinajstić information content (AvgIpc) is 3.32. The first-order valence-corrected chi connectivity index (χ1v) is 9.67. The smallest absolute Gasteiger partial charge is 0.247 e. The number of rotatable bonds is 4. The van der Waals surface area contributed by atoms with Crippen molar-refractivity contribution in [2.75, 3.05) is 12.3 Å². The van der Waals surface area contributed by atoms with E-state index in [4.69, 9.17) is 0 Å². The number of aromatic nitrogens is 4. The van der Waals surface area contributed by atoms with Crippen LogP contribution in [0.25, 0.3) is 11.4 Å². The molecular weight excluding hydrogens is 365 g/mol. The molecular formula is C19H18FN5OS. The molecule has 0 saturated carbocycles. The SMILES string of the molecule is Cc1ccccc1-c1nnn(CC(=O)N2CCS[C@@H]2c2ccccc2F)n1. The summed E-state index contributed by atoms with van der Waals surface area (Å²) in [4.78, 5) is 15.8. The molecule has 1 saturated heterocycles. The number of carbonyl (C=O) groups is 1. The Hall–Kier alpha value is -2.74. The minimum Gasteiger partial charge on any atom is -0.324 e. The number of amides is 1. The fourth-order valence-corrected chi connectivity index (χ4v) is 4.41. The molecule has 2 aromatic carbocycles. The Morgan fingerprint density at radius 2 is 2.00 bits per heavy atom. The van der Waals surface area contributed by atoms with Gasteiger partial charge in [0.1, 0.15) is 17.7 Å². The molecule has 2 heterocycles. The molecule has 8 heteroatoms. The maximum Gasteiger partial charge on any atom is 0.247 e. The monoisotopic (exact) mass is 383 g/mol. The van der Waals surface area contributed by atoms with E-state index in [2.05, 4.69) is 15.4 Å². The highest BCUT2D eigenvalue weighted by atomic mass is 32.2. The number of tetrazole rings is 1. The predicted molar refractivity (Wildman–Crippen MR) is 101 cm³/mol. The van der Waals surface area contributed by atoms with Crippen LogP contribution in [0.4, 0.5) is 4.39 Å². The summed E-state index contributed by atoms with van der Waals surface area (Å²) >= 11 is 1.56. The van der Waals surface area contributed by atoms with Gasteiger partial charge in [-0.15, -0.1) is 22.0 Å². The fraction of sp³-hybridized carbons (Fsp3) is 0.263. The summed E-state index contributed by atoms with van der Waals surface area (Å²) in [6, 6.07) is 14.3. The van der Waals surface area contributed by atoms with Crippen LogP contribution in [0.2, 0.25) is 0 Å². The van der Waals surface area contributed by atoms with Crippen LogP contribution >= 0.6 is 11.8 Å². The van der Waals surface area contributed by atoms with Crippen molar-refractivity contribution in [2.45, 2.75) is 18.8 Å². The Kier molecular flexibility index (Phi) is 4.89. The first kappa shape index (κ1) is 17.7. The van der Waals surface area contributed by atoms with Gasteiger partial charge in [-0.25, -0.2) is 4.39 Å². The van der Waals surface area contributed by atoms with E-state index in [0.29, 0.717) is 17.9 Å². The standard InChI is InChI=1S/C19H18FN5OS/c1-13-6-2-3-7-14(13)18-21-23-25(22-18)12-17(26)24-10-11-27-19(24)15-8-4-5-9-16(15)20/h2-9,19H,10-12H2,1H3/t19-/m1/s1. The van der Waals surface area contributed by atoms with E-state index in [1.54, 1.807) is 34.9 Å². The lowest BCUT2D eigenvalue weighted by Crippen LogP contribution is -2.34. The maximum atomic E-state index is 14.1. The van der Waals surface area contributed by atoms with Crippen molar-refractivity contribution < 1.29 is 9.18 Å². The minimum absolute atomic E-state index is 0.0234. The molecule has 1 amide bonds. The zero-order valence-corrected chi connectivity index (χ0v) is 15.6. The minimum atomic E-state index is -0.321. The van der Waals surface area contributed by atoms with Crippen LogP contribution in [0.15, 0.2) is 48.5 Å². The molecule has 0 unspecified atom stereocenters. The van der Waals surface area contributed by atoms with E-state index < -0.39 is 0 Å². The van der Waals surface area contributed by atoms with Gasteiger partial charge in [-0.2, -0.15) is 4.80 Å². The third kappa shape index (κ3) is 3.57. The molecule has 1 aliphatic heterocycles. The van der Waals surface area contributed by atoms with Crippen molar-refractivity contribution in [2.24, 2.45) is 0 Å². The van der Waals surface area contributed by atoms with Crippen LogP contribution in [0, 0.1) is 12.7 Å². The fourth-order valence-electron chi connectivity index (χ4n) is 3.11. The molecule has 0 aliphatic carbocycles. The van der Waals surface area contributed by atoms with Crippen LogP contribution in [0.3, 0.4) is 0 Å². The van der Waals surface area contributed by atoms with E-state index in [-0.39, 0.29) is 23.6 Å². The molecule has 1 aromatic heterocycles. The average molecular weight is 383 g/mol. The van der Waals surface area contributed by atoms with E-state index in [1.807, 2.05) is 31.2 Å². The molecule has 0 spiro atoms. The number of hydrogen-bond acceptors (Lipinski definition) is 5. The molecule has 4 rings (SSSR count). The highest BCUT2D eigenvalue weighted by molar-refractivity contribution is 7.99. The zero-order valence-electron chi connectivity index (χ0n) is 14.7. The van der Waals surface area contributed by atoms with Gasteiger partial charge in [-0.1, -0.05) is 42.5 Å². The Balaban J connectivity index is 1.51. The Morgan fingerprint density at radius 1 is 1.22 bits per heavy atom. The number of benzene rings is 2. The first-order valence-electron chi connectivity index (χ1n) is 8.63. The van der Waals surface area contributed by atoms with Crippen molar-refractivity contribution in [3.63, 3.8) is 0 Å². The van der Waals surface area contributed by atoms with Crippen LogP contribution in [0.5, 0.6) is 0 Å². The lowest BCUT2D eigenvalue weighted by Gasteiger charge is -2.24. The largest absolute Gasteiger partial charge is 0.324 e. The Morgan fingerprint density at radius 3 is 2.81 bits per heavy atom. The molecule has 0 N–H and O–H groups in total. The second kappa shape index (κ2) is 7.48. The summed E-state index contributed by atoms with van der Waals surface area (Å²) in [5.41, 5.74) is 2.46. The van der Waals surface area contributed by atoms with E-state index >= 15 is 0 Å². The number of nitrogens with zero attached hydrogens (tertiary/aromatic N) is 5.